The first kappa shape index (κ1) is 9.52. The number of carbonyl (C=O) groups is 1. The summed E-state index contributed by atoms with van der Waals surface area (Å²) in [6.45, 7) is 2.11. The van der Waals surface area contributed by atoms with Crippen LogP contribution in [0.5, 0.6) is 0 Å². The lowest BCUT2D eigenvalue weighted by atomic mass is 9.98. The van der Waals surface area contributed by atoms with E-state index in [0.717, 1.165) is 19.5 Å². The monoisotopic (exact) mass is 171 g/mol. The highest BCUT2D eigenvalue weighted by molar-refractivity contribution is 5.66. The summed E-state index contributed by atoms with van der Waals surface area (Å²) < 4.78 is 0. The van der Waals surface area contributed by atoms with Gasteiger partial charge in [0.2, 0.25) is 0 Å². The lowest BCUT2D eigenvalue weighted by Crippen LogP contribution is -2.21. The van der Waals surface area contributed by atoms with Gasteiger partial charge in [-0.3, -0.25) is 4.79 Å². The van der Waals surface area contributed by atoms with E-state index in [1.165, 1.54) is 19.3 Å². The predicted octanol–water partition coefficient (Wildman–Crippen LogP) is 1.24. The number of rotatable bonds is 3. The molecule has 1 aliphatic rings. The molecular formula is C9H17NO2. The van der Waals surface area contributed by atoms with Gasteiger partial charge in [0.05, 0.1) is 0 Å². The molecule has 0 aliphatic carbocycles. The number of nitrogens with one attached hydrogen (secondary N) is 1. The zero-order valence-electron chi connectivity index (χ0n) is 7.38. The second-order valence-electron chi connectivity index (χ2n) is 3.50. The third kappa shape index (κ3) is 3.72. The molecule has 1 heterocycles. The molecule has 1 saturated heterocycles. The van der Waals surface area contributed by atoms with Crippen molar-refractivity contribution in [2.75, 3.05) is 13.1 Å². The van der Waals surface area contributed by atoms with Crippen LogP contribution < -0.4 is 5.32 Å². The van der Waals surface area contributed by atoms with Crippen molar-refractivity contribution in [3.63, 3.8) is 0 Å². The van der Waals surface area contributed by atoms with E-state index in [2.05, 4.69) is 5.32 Å². The van der Waals surface area contributed by atoms with Gasteiger partial charge in [-0.2, -0.15) is 0 Å². The summed E-state index contributed by atoms with van der Waals surface area (Å²) in [5.74, 6) is -0.0807. The standard InChI is InChI=1S/C9H17NO2/c11-9(12)5-4-8-3-1-2-6-10-7-8/h8,10H,1-7H2,(H,11,12). The summed E-state index contributed by atoms with van der Waals surface area (Å²) >= 11 is 0. The summed E-state index contributed by atoms with van der Waals surface area (Å²) in [6, 6.07) is 0. The van der Waals surface area contributed by atoms with Crippen molar-refractivity contribution < 1.29 is 9.90 Å². The first-order valence-electron chi connectivity index (χ1n) is 4.71. The summed E-state index contributed by atoms with van der Waals surface area (Å²) in [4.78, 5) is 10.3. The van der Waals surface area contributed by atoms with Crippen molar-refractivity contribution >= 4 is 5.97 Å². The average Bonchev–Trinajstić information content (AvgIpc) is 2.28. The smallest absolute Gasteiger partial charge is 0.303 e. The van der Waals surface area contributed by atoms with E-state index in [1.54, 1.807) is 0 Å². The van der Waals surface area contributed by atoms with Crippen LogP contribution in [0.3, 0.4) is 0 Å². The lowest BCUT2D eigenvalue weighted by molar-refractivity contribution is -0.137. The molecule has 2 N–H and O–H groups in total. The molecule has 1 fully saturated rings. The first-order valence-corrected chi connectivity index (χ1v) is 4.71. The maximum Gasteiger partial charge on any atom is 0.303 e. The van der Waals surface area contributed by atoms with E-state index in [-0.39, 0.29) is 0 Å². The van der Waals surface area contributed by atoms with Crippen LogP contribution in [-0.4, -0.2) is 24.2 Å². The fraction of sp³-hybridized carbons (Fsp3) is 0.889. The summed E-state index contributed by atoms with van der Waals surface area (Å²) in [5.41, 5.74) is 0. The normalized spacial score (nSPS) is 24.8. The average molecular weight is 171 g/mol. The molecule has 0 radical (unpaired) electrons. The van der Waals surface area contributed by atoms with E-state index in [1.807, 2.05) is 0 Å². The van der Waals surface area contributed by atoms with Crippen LogP contribution in [0, 0.1) is 5.92 Å². The molecule has 3 heteroatoms. The zero-order chi connectivity index (χ0) is 8.81. The molecular weight excluding hydrogens is 154 g/mol. The first-order chi connectivity index (χ1) is 5.79. The topological polar surface area (TPSA) is 49.3 Å². The third-order valence-corrected chi connectivity index (χ3v) is 2.42. The van der Waals surface area contributed by atoms with Gasteiger partial charge in [-0.05, 0) is 38.3 Å². The molecule has 0 aromatic carbocycles. The van der Waals surface area contributed by atoms with E-state index in [4.69, 9.17) is 5.11 Å². The summed E-state index contributed by atoms with van der Waals surface area (Å²) in [7, 11) is 0. The number of carboxylic acid groups (broad SMARTS) is 1. The molecule has 12 heavy (non-hydrogen) atoms. The SMILES string of the molecule is O=C(O)CCC1CCCCNC1. The summed E-state index contributed by atoms with van der Waals surface area (Å²) in [6.07, 6.45) is 4.84. The van der Waals surface area contributed by atoms with Crippen LogP contribution in [-0.2, 0) is 4.79 Å². The highest BCUT2D eigenvalue weighted by Crippen LogP contribution is 2.16. The predicted molar refractivity (Wildman–Crippen MR) is 47.1 cm³/mol. The zero-order valence-corrected chi connectivity index (χ0v) is 7.38. The number of aliphatic carboxylic acids is 1. The maximum absolute atomic E-state index is 10.3. The second kappa shape index (κ2) is 5.14. The maximum atomic E-state index is 10.3. The number of hydrogen-bond donors (Lipinski definition) is 2. The highest BCUT2D eigenvalue weighted by atomic mass is 16.4. The fourth-order valence-electron chi connectivity index (χ4n) is 1.67. The van der Waals surface area contributed by atoms with Crippen LogP contribution in [0.4, 0.5) is 0 Å². The van der Waals surface area contributed by atoms with Crippen LogP contribution >= 0.6 is 0 Å². The minimum absolute atomic E-state index is 0.326. The molecule has 3 nitrogen and oxygen atoms in total. The van der Waals surface area contributed by atoms with Gasteiger partial charge >= 0.3 is 5.97 Å². The molecule has 1 unspecified atom stereocenters. The molecule has 1 aliphatic heterocycles. The van der Waals surface area contributed by atoms with Gasteiger partial charge in [0.25, 0.3) is 0 Å². The Morgan fingerprint density at radius 3 is 3.08 bits per heavy atom. The Bertz CT molecular complexity index is 139. The molecule has 0 spiro atoms. The van der Waals surface area contributed by atoms with Crippen LogP contribution in [0.1, 0.15) is 32.1 Å². The van der Waals surface area contributed by atoms with Gasteiger partial charge in [0.15, 0.2) is 0 Å². The molecule has 0 amide bonds. The Morgan fingerprint density at radius 1 is 1.50 bits per heavy atom. The minimum Gasteiger partial charge on any atom is -0.481 e. The van der Waals surface area contributed by atoms with E-state index in [0.29, 0.717) is 12.3 Å². The Kier molecular flexibility index (Phi) is 4.08. The molecule has 1 atom stereocenters. The van der Waals surface area contributed by atoms with Crippen molar-refractivity contribution in [2.45, 2.75) is 32.1 Å². The van der Waals surface area contributed by atoms with Crippen molar-refractivity contribution in [1.29, 1.82) is 0 Å². The van der Waals surface area contributed by atoms with Crippen molar-refractivity contribution in [3.05, 3.63) is 0 Å². The Labute approximate surface area is 73.2 Å². The van der Waals surface area contributed by atoms with E-state index < -0.39 is 5.97 Å². The van der Waals surface area contributed by atoms with Gasteiger partial charge in [0.1, 0.15) is 0 Å². The second-order valence-corrected chi connectivity index (χ2v) is 3.50. The molecule has 0 saturated carbocycles. The number of hydrogen-bond acceptors (Lipinski definition) is 2. The van der Waals surface area contributed by atoms with E-state index >= 15 is 0 Å². The van der Waals surface area contributed by atoms with Gasteiger partial charge in [-0.15, -0.1) is 0 Å². The van der Waals surface area contributed by atoms with Crippen molar-refractivity contribution in [2.24, 2.45) is 5.92 Å². The van der Waals surface area contributed by atoms with Gasteiger partial charge in [-0.25, -0.2) is 0 Å². The van der Waals surface area contributed by atoms with Crippen LogP contribution in [0.2, 0.25) is 0 Å². The minimum atomic E-state index is -0.667. The quantitative estimate of drug-likeness (QED) is 0.671. The highest BCUT2D eigenvalue weighted by Gasteiger charge is 2.12. The van der Waals surface area contributed by atoms with Crippen molar-refractivity contribution in [1.82, 2.24) is 5.32 Å². The molecule has 0 aromatic rings. The van der Waals surface area contributed by atoms with Crippen LogP contribution in [0.25, 0.3) is 0 Å². The molecule has 0 bridgehead atoms. The largest absolute Gasteiger partial charge is 0.481 e. The summed E-state index contributed by atoms with van der Waals surface area (Å²) in [5, 5.41) is 11.8. The van der Waals surface area contributed by atoms with Crippen LogP contribution in [0.15, 0.2) is 0 Å². The Morgan fingerprint density at radius 2 is 2.33 bits per heavy atom. The van der Waals surface area contributed by atoms with Gasteiger partial charge in [0, 0.05) is 6.42 Å². The molecule has 0 aromatic heterocycles. The van der Waals surface area contributed by atoms with Crippen molar-refractivity contribution in [3.8, 4) is 0 Å². The molecule has 1 rings (SSSR count). The van der Waals surface area contributed by atoms with Gasteiger partial charge in [-0.1, -0.05) is 6.42 Å². The molecule has 70 valence electrons. The lowest BCUT2D eigenvalue weighted by Gasteiger charge is -2.11. The third-order valence-electron chi connectivity index (χ3n) is 2.42. The van der Waals surface area contributed by atoms with E-state index in [9.17, 15) is 4.79 Å². The number of carboxylic acids is 1. The van der Waals surface area contributed by atoms with Gasteiger partial charge < -0.3 is 10.4 Å². The Hall–Kier alpha value is -0.570. The Balaban J connectivity index is 2.16. The fourth-order valence-corrected chi connectivity index (χ4v) is 1.67.